The molecule has 3 rings (SSSR count). The van der Waals surface area contributed by atoms with Crippen LogP contribution in [0, 0.1) is 16.0 Å². The molecule has 2 fully saturated rings. The summed E-state index contributed by atoms with van der Waals surface area (Å²) in [6.45, 7) is -0.0870. The van der Waals surface area contributed by atoms with E-state index in [1.54, 1.807) is 0 Å². The molecule has 1 aliphatic carbocycles. The molecular weight excluding hydrogens is 391 g/mol. The summed E-state index contributed by atoms with van der Waals surface area (Å²) in [4.78, 5) is 23.2. The molecule has 0 bridgehead atoms. The Morgan fingerprint density at radius 3 is 2.33 bits per heavy atom. The Balaban J connectivity index is 1.67. The van der Waals surface area contributed by atoms with Gasteiger partial charge in [-0.05, 0) is 18.2 Å². The number of piperazine rings is 1. The van der Waals surface area contributed by atoms with Crippen LogP contribution in [0.25, 0.3) is 0 Å². The van der Waals surface area contributed by atoms with Crippen LogP contribution in [-0.4, -0.2) is 60.7 Å². The Labute approximate surface area is 152 Å². The zero-order valence-electron chi connectivity index (χ0n) is 13.9. The van der Waals surface area contributed by atoms with Crippen molar-refractivity contribution in [1.29, 1.82) is 0 Å². The van der Waals surface area contributed by atoms with Crippen molar-refractivity contribution in [3.63, 3.8) is 0 Å². The monoisotopic (exact) mass is 407 g/mol. The highest BCUT2D eigenvalue weighted by molar-refractivity contribution is 7.89. The third-order valence-corrected chi connectivity index (χ3v) is 6.59. The van der Waals surface area contributed by atoms with Crippen molar-refractivity contribution in [2.24, 2.45) is 5.92 Å². The van der Waals surface area contributed by atoms with Gasteiger partial charge in [0.15, 0.2) is 0 Å². The molecule has 2 atom stereocenters. The predicted molar refractivity (Wildman–Crippen MR) is 85.7 cm³/mol. The summed E-state index contributed by atoms with van der Waals surface area (Å²) in [7, 11) is -4.14. The Kier molecular flexibility index (Phi) is 4.89. The lowest BCUT2D eigenvalue weighted by molar-refractivity contribution is -0.497. The van der Waals surface area contributed by atoms with Crippen LogP contribution in [0.4, 0.5) is 13.2 Å². The zero-order chi connectivity index (χ0) is 20.0. The standard InChI is InChI=1S/C15H16F3N3O5S/c16-15(17,18)10-2-1-3-11(8-10)27(25,26)20-6-4-19(5-7-20)14(22)12-9-13(12)21(23)24/h1-3,8,12-13H,4-7,9H2/t12-,13+/m1/s1. The van der Waals surface area contributed by atoms with Gasteiger partial charge in [0, 0.05) is 37.5 Å². The molecule has 12 heteroatoms. The third-order valence-electron chi connectivity index (χ3n) is 4.69. The number of sulfonamides is 1. The number of benzene rings is 1. The molecule has 27 heavy (non-hydrogen) atoms. The number of nitro groups is 1. The molecule has 8 nitrogen and oxygen atoms in total. The number of carbonyl (C=O) groups excluding carboxylic acids is 1. The molecule has 0 aromatic heterocycles. The maximum absolute atomic E-state index is 12.8. The molecule has 0 unspecified atom stereocenters. The fraction of sp³-hybridized carbons (Fsp3) is 0.533. The van der Waals surface area contributed by atoms with Gasteiger partial charge in [-0.1, -0.05) is 6.07 Å². The first kappa shape index (κ1) is 19.5. The smallest absolute Gasteiger partial charge is 0.340 e. The van der Waals surface area contributed by atoms with E-state index in [4.69, 9.17) is 0 Å². The minimum atomic E-state index is -4.66. The molecule has 1 saturated carbocycles. The molecule has 1 amide bonds. The van der Waals surface area contributed by atoms with Gasteiger partial charge >= 0.3 is 6.18 Å². The second kappa shape index (κ2) is 6.75. The van der Waals surface area contributed by atoms with Crippen LogP contribution >= 0.6 is 0 Å². The van der Waals surface area contributed by atoms with Crippen molar-refractivity contribution in [3.05, 3.63) is 39.9 Å². The predicted octanol–water partition coefficient (Wildman–Crippen LogP) is 1.20. The van der Waals surface area contributed by atoms with Crippen molar-refractivity contribution in [2.75, 3.05) is 26.2 Å². The van der Waals surface area contributed by atoms with E-state index >= 15 is 0 Å². The second-order valence-electron chi connectivity index (χ2n) is 6.45. The number of halogens is 3. The third kappa shape index (κ3) is 3.90. The number of carbonyl (C=O) groups is 1. The van der Waals surface area contributed by atoms with Gasteiger partial charge in [-0.15, -0.1) is 0 Å². The fourth-order valence-corrected chi connectivity index (χ4v) is 4.51. The maximum atomic E-state index is 12.8. The SMILES string of the molecule is O=C([C@@H]1C[C@@H]1[N+](=O)[O-])N1CCN(S(=O)(=O)c2cccc(C(F)(F)F)c2)CC1. The second-order valence-corrected chi connectivity index (χ2v) is 8.39. The van der Waals surface area contributed by atoms with Crippen LogP contribution in [0.2, 0.25) is 0 Å². The Morgan fingerprint density at radius 2 is 1.81 bits per heavy atom. The summed E-state index contributed by atoms with van der Waals surface area (Å²) < 4.78 is 64.6. The average Bonchev–Trinajstić information content (AvgIpc) is 3.41. The molecule has 148 valence electrons. The topological polar surface area (TPSA) is 101 Å². The number of amides is 1. The van der Waals surface area contributed by atoms with Crippen molar-refractivity contribution >= 4 is 15.9 Å². The highest BCUT2D eigenvalue weighted by Crippen LogP contribution is 2.35. The molecule has 2 aliphatic rings. The minimum absolute atomic E-state index is 0.0396. The summed E-state index contributed by atoms with van der Waals surface area (Å²) in [5.74, 6) is -1.06. The van der Waals surface area contributed by atoms with Crippen LogP contribution in [0.3, 0.4) is 0 Å². The summed E-state index contributed by atoms with van der Waals surface area (Å²) in [6, 6.07) is 2.61. The highest BCUT2D eigenvalue weighted by atomic mass is 32.2. The highest BCUT2D eigenvalue weighted by Gasteiger charge is 2.54. The molecule has 1 heterocycles. The van der Waals surface area contributed by atoms with E-state index < -0.39 is 43.5 Å². The van der Waals surface area contributed by atoms with Crippen LogP contribution < -0.4 is 0 Å². The van der Waals surface area contributed by atoms with Gasteiger partial charge in [0.25, 0.3) is 0 Å². The summed E-state index contributed by atoms with van der Waals surface area (Å²) in [5, 5.41) is 10.7. The van der Waals surface area contributed by atoms with Crippen molar-refractivity contribution in [2.45, 2.75) is 23.5 Å². The van der Waals surface area contributed by atoms with Gasteiger partial charge in [-0.25, -0.2) is 8.42 Å². The van der Waals surface area contributed by atoms with Gasteiger partial charge in [-0.3, -0.25) is 14.9 Å². The lowest BCUT2D eigenvalue weighted by atomic mass is 10.2. The number of hydrogen-bond acceptors (Lipinski definition) is 5. The molecular formula is C15H16F3N3O5S. The van der Waals surface area contributed by atoms with E-state index in [1.165, 1.54) is 4.90 Å². The first-order valence-corrected chi connectivity index (χ1v) is 9.55. The quantitative estimate of drug-likeness (QED) is 0.552. The van der Waals surface area contributed by atoms with Crippen LogP contribution in [0.15, 0.2) is 29.2 Å². The van der Waals surface area contributed by atoms with Gasteiger partial charge in [0.05, 0.1) is 10.5 Å². The number of nitrogens with zero attached hydrogens (tertiary/aromatic N) is 3. The molecule has 1 aromatic rings. The molecule has 0 N–H and O–H groups in total. The van der Waals surface area contributed by atoms with Gasteiger partial charge in [0.2, 0.25) is 22.0 Å². The lowest BCUT2D eigenvalue weighted by Gasteiger charge is -2.34. The Morgan fingerprint density at radius 1 is 1.19 bits per heavy atom. The first-order chi connectivity index (χ1) is 12.5. The molecule has 1 saturated heterocycles. The number of hydrogen-bond donors (Lipinski definition) is 0. The van der Waals surface area contributed by atoms with Crippen LogP contribution in [0.5, 0.6) is 0 Å². The van der Waals surface area contributed by atoms with Crippen molar-refractivity contribution in [3.8, 4) is 0 Å². The van der Waals surface area contributed by atoms with E-state index in [0.29, 0.717) is 6.07 Å². The first-order valence-electron chi connectivity index (χ1n) is 8.11. The largest absolute Gasteiger partial charge is 0.416 e. The van der Waals surface area contributed by atoms with Crippen LogP contribution in [0.1, 0.15) is 12.0 Å². The van der Waals surface area contributed by atoms with Crippen molar-refractivity contribution in [1.82, 2.24) is 9.21 Å². The normalized spacial score (nSPS) is 23.9. The number of rotatable bonds is 4. The maximum Gasteiger partial charge on any atom is 0.416 e. The van der Waals surface area contributed by atoms with E-state index in [0.717, 1.165) is 22.5 Å². The summed E-state index contributed by atoms with van der Waals surface area (Å²) in [5.41, 5.74) is -1.06. The van der Waals surface area contributed by atoms with E-state index in [1.807, 2.05) is 0 Å². The van der Waals surface area contributed by atoms with Crippen LogP contribution in [-0.2, 0) is 21.0 Å². The fourth-order valence-electron chi connectivity index (χ4n) is 3.05. The molecule has 0 radical (unpaired) electrons. The summed E-state index contributed by atoms with van der Waals surface area (Å²) in [6.07, 6.45) is -4.48. The summed E-state index contributed by atoms with van der Waals surface area (Å²) >= 11 is 0. The van der Waals surface area contributed by atoms with E-state index in [9.17, 15) is 36.5 Å². The Hall–Kier alpha value is -2.21. The van der Waals surface area contributed by atoms with Crippen molar-refractivity contribution < 1.29 is 31.3 Å². The molecule has 0 spiro atoms. The Bertz CT molecular complexity index is 866. The molecule has 1 aromatic carbocycles. The molecule has 1 aliphatic heterocycles. The average molecular weight is 407 g/mol. The number of alkyl halides is 3. The van der Waals surface area contributed by atoms with Gasteiger partial charge in [0.1, 0.15) is 5.92 Å². The van der Waals surface area contributed by atoms with E-state index in [-0.39, 0.29) is 38.5 Å². The van der Waals surface area contributed by atoms with Gasteiger partial charge in [-0.2, -0.15) is 17.5 Å². The minimum Gasteiger partial charge on any atom is -0.340 e. The zero-order valence-corrected chi connectivity index (χ0v) is 14.7. The van der Waals surface area contributed by atoms with E-state index in [2.05, 4.69) is 0 Å². The lowest BCUT2D eigenvalue weighted by Crippen LogP contribution is -2.51. The van der Waals surface area contributed by atoms with Gasteiger partial charge < -0.3 is 4.90 Å².